The molecule has 11 heteroatoms. The number of nitrogens with zero attached hydrogens (tertiary/aromatic N) is 1. The summed E-state index contributed by atoms with van der Waals surface area (Å²) in [6.45, 7) is 0. The zero-order valence-electron chi connectivity index (χ0n) is 17.2. The second-order valence-corrected chi connectivity index (χ2v) is 11.5. The molecule has 3 aromatic rings. The van der Waals surface area contributed by atoms with Gasteiger partial charge >= 0.3 is 0 Å². The van der Waals surface area contributed by atoms with Gasteiger partial charge in [-0.2, -0.15) is 0 Å². The number of hydrogen-bond donors (Lipinski definition) is 2. The molecule has 0 saturated carbocycles. The van der Waals surface area contributed by atoms with E-state index >= 15 is 0 Å². The molecule has 0 saturated heterocycles. The number of halogens is 3. The Kier molecular flexibility index (Phi) is 7.40. The van der Waals surface area contributed by atoms with E-state index in [9.17, 15) is 17.2 Å². The Morgan fingerprint density at radius 2 is 2.00 bits per heavy atom. The molecular weight excluding hydrogens is 508 g/mol. The molecule has 4 rings (SSSR count). The molecule has 174 valence electrons. The summed E-state index contributed by atoms with van der Waals surface area (Å²) in [6, 6.07) is 8.37. The van der Waals surface area contributed by atoms with Crippen molar-refractivity contribution in [2.75, 3.05) is 10.5 Å². The third kappa shape index (κ3) is 5.58. The lowest BCUT2D eigenvalue weighted by Crippen LogP contribution is -2.34. The normalized spacial score (nSPS) is 18.7. The van der Waals surface area contributed by atoms with E-state index in [1.165, 1.54) is 30.1 Å². The first-order valence-electron chi connectivity index (χ1n) is 10.0. The topological polar surface area (TPSA) is 85.1 Å². The van der Waals surface area contributed by atoms with Crippen molar-refractivity contribution < 1.29 is 17.2 Å². The predicted molar refractivity (Wildman–Crippen MR) is 130 cm³/mol. The molecule has 0 amide bonds. The molecule has 0 radical (unpaired) electrons. The smallest absolute Gasteiger partial charge is 0.266 e. The highest BCUT2D eigenvalue weighted by molar-refractivity contribution is 7.99. The van der Waals surface area contributed by atoms with Crippen molar-refractivity contribution in [1.82, 2.24) is 4.98 Å². The number of thiazole rings is 1. The van der Waals surface area contributed by atoms with Crippen molar-refractivity contribution in [3.8, 4) is 0 Å². The van der Waals surface area contributed by atoms with E-state index in [0.717, 1.165) is 47.4 Å². The first-order valence-corrected chi connectivity index (χ1v) is 13.7. The number of aromatic nitrogens is 1. The van der Waals surface area contributed by atoms with Crippen LogP contribution in [0.15, 0.2) is 63.8 Å². The number of anilines is 1. The summed E-state index contributed by atoms with van der Waals surface area (Å²) in [5.41, 5.74) is 8.30. The van der Waals surface area contributed by atoms with Gasteiger partial charge in [0.05, 0.1) is 5.02 Å². The summed E-state index contributed by atoms with van der Waals surface area (Å²) < 4.78 is 55.5. The van der Waals surface area contributed by atoms with Gasteiger partial charge in [0, 0.05) is 34.2 Å². The summed E-state index contributed by atoms with van der Waals surface area (Å²) in [5, 5.41) is 1.86. The van der Waals surface area contributed by atoms with Gasteiger partial charge in [0.2, 0.25) is 0 Å². The van der Waals surface area contributed by atoms with Gasteiger partial charge in [-0.15, -0.1) is 23.1 Å². The quantitative estimate of drug-likeness (QED) is 0.380. The second kappa shape index (κ2) is 10.1. The van der Waals surface area contributed by atoms with Crippen LogP contribution in [0, 0.1) is 17.6 Å². The SMILES string of the molecule is NC1CCC=C(c2ccc(F)cc2)C1CSc1cc(F)c(S(=O)(=O)Nc2nccs2)cc1Cl. The monoisotopic (exact) mass is 527 g/mol. The van der Waals surface area contributed by atoms with Gasteiger partial charge in [0.15, 0.2) is 5.13 Å². The Morgan fingerprint density at radius 3 is 2.70 bits per heavy atom. The molecule has 33 heavy (non-hydrogen) atoms. The summed E-state index contributed by atoms with van der Waals surface area (Å²) in [5.74, 6) is -0.768. The lowest BCUT2D eigenvalue weighted by atomic mass is 9.81. The number of sulfonamides is 1. The van der Waals surface area contributed by atoms with Gasteiger partial charge in [-0.3, -0.25) is 4.72 Å². The largest absolute Gasteiger partial charge is 0.327 e. The summed E-state index contributed by atoms with van der Waals surface area (Å²) >= 11 is 8.72. The highest BCUT2D eigenvalue weighted by Crippen LogP contribution is 2.39. The first kappa shape index (κ1) is 24.2. The highest BCUT2D eigenvalue weighted by Gasteiger charge is 2.28. The fourth-order valence-electron chi connectivity index (χ4n) is 3.65. The van der Waals surface area contributed by atoms with Crippen LogP contribution in [-0.2, 0) is 10.0 Å². The lowest BCUT2D eigenvalue weighted by Gasteiger charge is -2.30. The Morgan fingerprint density at radius 1 is 1.24 bits per heavy atom. The molecule has 1 aliphatic rings. The van der Waals surface area contributed by atoms with Gasteiger partial charge in [-0.25, -0.2) is 22.2 Å². The van der Waals surface area contributed by atoms with E-state index in [0.29, 0.717) is 10.6 Å². The molecule has 2 atom stereocenters. The third-order valence-electron chi connectivity index (χ3n) is 5.31. The van der Waals surface area contributed by atoms with Crippen LogP contribution in [0.3, 0.4) is 0 Å². The first-order chi connectivity index (χ1) is 15.7. The van der Waals surface area contributed by atoms with Crippen LogP contribution < -0.4 is 10.5 Å². The number of hydrogen-bond acceptors (Lipinski definition) is 6. The zero-order valence-corrected chi connectivity index (χ0v) is 20.4. The number of thioether (sulfide) groups is 1. The third-order valence-corrected chi connectivity index (χ3v) is 9.08. The van der Waals surface area contributed by atoms with Crippen molar-refractivity contribution in [3.05, 3.63) is 76.3 Å². The van der Waals surface area contributed by atoms with Gasteiger partial charge in [0.1, 0.15) is 16.5 Å². The summed E-state index contributed by atoms with van der Waals surface area (Å²) in [4.78, 5) is 3.72. The standard InChI is InChI=1S/C22H20ClF2N3O2S3/c23-17-10-21(33(29,30)28-22-27-8-9-31-22)18(25)11-20(17)32-12-16-15(2-1-3-19(16)26)13-4-6-14(24)7-5-13/h2,4-11,16,19H,1,3,12,26H2,(H,27,28). The van der Waals surface area contributed by atoms with Crippen molar-refractivity contribution in [1.29, 1.82) is 0 Å². The van der Waals surface area contributed by atoms with Crippen LogP contribution in [0.2, 0.25) is 5.02 Å². The van der Waals surface area contributed by atoms with Crippen LogP contribution in [0.25, 0.3) is 5.57 Å². The molecule has 5 nitrogen and oxygen atoms in total. The zero-order chi connectivity index (χ0) is 23.6. The summed E-state index contributed by atoms with van der Waals surface area (Å²) in [7, 11) is -4.18. The molecule has 0 fully saturated rings. The average Bonchev–Trinajstić information content (AvgIpc) is 3.27. The molecule has 0 spiro atoms. The van der Waals surface area contributed by atoms with Gasteiger partial charge in [0.25, 0.3) is 10.0 Å². The van der Waals surface area contributed by atoms with E-state index in [4.69, 9.17) is 17.3 Å². The highest BCUT2D eigenvalue weighted by atomic mass is 35.5. The Balaban J connectivity index is 1.54. The van der Waals surface area contributed by atoms with E-state index in [2.05, 4.69) is 15.8 Å². The molecule has 2 unspecified atom stereocenters. The fourth-order valence-corrected chi connectivity index (χ4v) is 7.09. The Hall–Kier alpha value is -1.98. The second-order valence-electron chi connectivity index (χ2n) is 7.48. The minimum atomic E-state index is -4.18. The van der Waals surface area contributed by atoms with Gasteiger partial charge < -0.3 is 5.73 Å². The van der Waals surface area contributed by atoms with E-state index in [1.807, 2.05) is 0 Å². The maximum atomic E-state index is 14.8. The lowest BCUT2D eigenvalue weighted by molar-refractivity contribution is 0.506. The van der Waals surface area contributed by atoms with Crippen molar-refractivity contribution in [2.45, 2.75) is 28.7 Å². The molecule has 0 bridgehead atoms. The average molecular weight is 528 g/mol. The molecular formula is C22H20ClF2N3O2S3. The van der Waals surface area contributed by atoms with E-state index in [1.54, 1.807) is 17.5 Å². The Bertz CT molecular complexity index is 1270. The number of benzene rings is 2. The maximum Gasteiger partial charge on any atom is 0.266 e. The molecule has 2 aromatic carbocycles. The van der Waals surface area contributed by atoms with Crippen molar-refractivity contribution in [3.63, 3.8) is 0 Å². The van der Waals surface area contributed by atoms with Gasteiger partial charge in [-0.1, -0.05) is 29.8 Å². The number of rotatable bonds is 7. The van der Waals surface area contributed by atoms with Crippen LogP contribution in [0.5, 0.6) is 0 Å². The summed E-state index contributed by atoms with van der Waals surface area (Å²) in [6.07, 6.45) is 5.17. The maximum absolute atomic E-state index is 14.8. The number of allylic oxidation sites excluding steroid dienone is 1. The molecule has 1 heterocycles. The van der Waals surface area contributed by atoms with Crippen molar-refractivity contribution in [2.24, 2.45) is 11.7 Å². The van der Waals surface area contributed by atoms with Crippen LogP contribution in [-0.4, -0.2) is 25.2 Å². The molecule has 3 N–H and O–H groups in total. The Labute approximate surface area is 204 Å². The molecule has 1 aromatic heterocycles. The van der Waals surface area contributed by atoms with Crippen LogP contribution in [0.1, 0.15) is 18.4 Å². The van der Waals surface area contributed by atoms with Crippen LogP contribution >= 0.6 is 34.7 Å². The number of nitrogens with one attached hydrogen (secondary N) is 1. The molecule has 1 aliphatic carbocycles. The number of nitrogens with two attached hydrogens (primary N) is 1. The fraction of sp³-hybridized carbons (Fsp3) is 0.227. The van der Waals surface area contributed by atoms with Gasteiger partial charge in [-0.05, 0) is 48.2 Å². The van der Waals surface area contributed by atoms with E-state index < -0.39 is 20.7 Å². The molecule has 0 aliphatic heterocycles. The van der Waals surface area contributed by atoms with E-state index in [-0.39, 0.29) is 27.9 Å². The van der Waals surface area contributed by atoms with Crippen LogP contribution in [0.4, 0.5) is 13.9 Å². The minimum Gasteiger partial charge on any atom is -0.327 e. The minimum absolute atomic E-state index is 0.0525. The van der Waals surface area contributed by atoms with Crippen molar-refractivity contribution >= 4 is 55.4 Å². The predicted octanol–water partition coefficient (Wildman–Crippen LogP) is 5.79.